The summed E-state index contributed by atoms with van der Waals surface area (Å²) in [7, 11) is 0. The second-order valence-corrected chi connectivity index (χ2v) is 4.19. The first-order valence-electron chi connectivity index (χ1n) is 5.34. The quantitative estimate of drug-likeness (QED) is 0.788. The predicted molar refractivity (Wildman–Crippen MR) is 60.5 cm³/mol. The fraction of sp³-hybridized carbons (Fsp3) is 0.500. The highest BCUT2D eigenvalue weighted by Gasteiger charge is 2.14. The van der Waals surface area contributed by atoms with E-state index in [-0.39, 0.29) is 6.10 Å². The minimum absolute atomic E-state index is 0.259. The summed E-state index contributed by atoms with van der Waals surface area (Å²) >= 11 is 5.78. The third-order valence-electron chi connectivity index (χ3n) is 2.52. The van der Waals surface area contributed by atoms with E-state index >= 15 is 0 Å². The largest absolute Gasteiger partial charge is 0.491 e. The van der Waals surface area contributed by atoms with Crippen molar-refractivity contribution >= 4 is 11.6 Å². The molecule has 1 aliphatic heterocycles. The lowest BCUT2D eigenvalue weighted by atomic mass is 10.1. The Morgan fingerprint density at radius 3 is 2.73 bits per heavy atom. The van der Waals surface area contributed by atoms with Gasteiger partial charge in [-0.05, 0) is 43.5 Å². The van der Waals surface area contributed by atoms with Crippen molar-refractivity contribution in [2.24, 2.45) is 0 Å². The Labute approximate surface area is 95.1 Å². The lowest BCUT2D eigenvalue weighted by Gasteiger charge is -2.22. The molecule has 15 heavy (non-hydrogen) atoms. The van der Waals surface area contributed by atoms with Crippen LogP contribution in [0.2, 0.25) is 5.02 Å². The Bertz CT molecular complexity index is 291. The van der Waals surface area contributed by atoms with E-state index in [1.807, 2.05) is 24.3 Å². The van der Waals surface area contributed by atoms with Crippen molar-refractivity contribution in [3.05, 3.63) is 29.3 Å². The first kappa shape index (κ1) is 10.8. The van der Waals surface area contributed by atoms with Gasteiger partial charge in [0.1, 0.15) is 12.4 Å². The maximum Gasteiger partial charge on any atom is 0.119 e. The molecule has 0 bridgehead atoms. The van der Waals surface area contributed by atoms with Crippen LogP contribution in [0, 0.1) is 0 Å². The van der Waals surface area contributed by atoms with Gasteiger partial charge in [0.05, 0.1) is 6.10 Å². The van der Waals surface area contributed by atoms with Gasteiger partial charge < -0.3 is 9.47 Å². The molecule has 0 aliphatic carbocycles. The van der Waals surface area contributed by atoms with E-state index in [1.165, 1.54) is 12.8 Å². The van der Waals surface area contributed by atoms with Gasteiger partial charge in [0.25, 0.3) is 0 Å². The summed E-state index contributed by atoms with van der Waals surface area (Å²) < 4.78 is 11.2. The molecule has 1 aromatic rings. The number of rotatable bonds is 3. The molecule has 0 aromatic heterocycles. The lowest BCUT2D eigenvalue weighted by molar-refractivity contribution is -0.0110. The molecule has 3 heteroatoms. The standard InChI is InChI=1S/C12H15ClO2/c13-10-4-6-11(7-5-10)15-9-12-3-1-2-8-14-12/h4-7,12H,1-3,8-9H2/t12-/m1/s1. The van der Waals surface area contributed by atoms with Gasteiger partial charge in [0, 0.05) is 11.6 Å². The summed E-state index contributed by atoms with van der Waals surface area (Å²) in [5.41, 5.74) is 0. The molecule has 0 N–H and O–H groups in total. The van der Waals surface area contributed by atoms with Crippen LogP contribution in [0.25, 0.3) is 0 Å². The maximum absolute atomic E-state index is 5.78. The third kappa shape index (κ3) is 3.40. The summed E-state index contributed by atoms with van der Waals surface area (Å²) in [6.45, 7) is 1.51. The second-order valence-electron chi connectivity index (χ2n) is 3.75. The van der Waals surface area contributed by atoms with Crippen molar-refractivity contribution < 1.29 is 9.47 Å². The molecule has 1 heterocycles. The van der Waals surface area contributed by atoms with Crippen LogP contribution >= 0.6 is 11.6 Å². The van der Waals surface area contributed by atoms with E-state index in [9.17, 15) is 0 Å². The van der Waals surface area contributed by atoms with Crippen LogP contribution in [-0.4, -0.2) is 19.3 Å². The summed E-state index contributed by atoms with van der Waals surface area (Å²) in [5, 5.41) is 0.733. The monoisotopic (exact) mass is 226 g/mol. The Hall–Kier alpha value is -0.730. The summed E-state index contributed by atoms with van der Waals surface area (Å²) in [6, 6.07) is 7.42. The molecule has 0 spiro atoms. The average molecular weight is 227 g/mol. The Morgan fingerprint density at radius 2 is 2.07 bits per heavy atom. The highest BCUT2D eigenvalue weighted by molar-refractivity contribution is 6.30. The highest BCUT2D eigenvalue weighted by Crippen LogP contribution is 2.18. The van der Waals surface area contributed by atoms with E-state index in [4.69, 9.17) is 21.1 Å². The zero-order valence-electron chi connectivity index (χ0n) is 8.62. The highest BCUT2D eigenvalue weighted by atomic mass is 35.5. The molecular formula is C12H15ClO2. The van der Waals surface area contributed by atoms with Crippen LogP contribution in [0.15, 0.2) is 24.3 Å². The van der Waals surface area contributed by atoms with Crippen molar-refractivity contribution in [1.82, 2.24) is 0 Å². The van der Waals surface area contributed by atoms with Gasteiger partial charge in [-0.15, -0.1) is 0 Å². The van der Waals surface area contributed by atoms with Gasteiger partial charge in [-0.25, -0.2) is 0 Å². The van der Waals surface area contributed by atoms with E-state index in [1.54, 1.807) is 0 Å². The molecule has 0 amide bonds. The Balaban J connectivity index is 1.79. The number of halogens is 1. The topological polar surface area (TPSA) is 18.5 Å². The molecule has 2 rings (SSSR count). The van der Waals surface area contributed by atoms with E-state index in [2.05, 4.69) is 0 Å². The van der Waals surface area contributed by atoms with Crippen molar-refractivity contribution in [2.75, 3.05) is 13.2 Å². The molecule has 0 radical (unpaired) electrons. The molecule has 2 nitrogen and oxygen atoms in total. The van der Waals surface area contributed by atoms with Gasteiger partial charge in [-0.2, -0.15) is 0 Å². The minimum Gasteiger partial charge on any atom is -0.491 e. The molecule has 0 saturated carbocycles. The molecule has 1 aromatic carbocycles. The maximum atomic E-state index is 5.78. The van der Waals surface area contributed by atoms with Crippen LogP contribution in [0.4, 0.5) is 0 Å². The van der Waals surface area contributed by atoms with E-state index < -0.39 is 0 Å². The zero-order valence-corrected chi connectivity index (χ0v) is 9.37. The van der Waals surface area contributed by atoms with Gasteiger partial charge in [-0.3, -0.25) is 0 Å². The fourth-order valence-electron chi connectivity index (χ4n) is 1.66. The third-order valence-corrected chi connectivity index (χ3v) is 2.78. The normalized spacial score (nSPS) is 21.3. The summed E-state index contributed by atoms with van der Waals surface area (Å²) in [5.74, 6) is 0.855. The van der Waals surface area contributed by atoms with Crippen molar-refractivity contribution in [3.8, 4) is 5.75 Å². The molecule has 82 valence electrons. The first-order valence-corrected chi connectivity index (χ1v) is 5.72. The van der Waals surface area contributed by atoms with Crippen LogP contribution in [0.3, 0.4) is 0 Å². The fourth-order valence-corrected chi connectivity index (χ4v) is 1.78. The van der Waals surface area contributed by atoms with Crippen molar-refractivity contribution in [3.63, 3.8) is 0 Å². The second kappa shape index (κ2) is 5.38. The predicted octanol–water partition coefficient (Wildman–Crippen LogP) is 3.29. The number of hydrogen-bond acceptors (Lipinski definition) is 2. The lowest BCUT2D eigenvalue weighted by Crippen LogP contribution is -2.25. The number of hydrogen-bond donors (Lipinski definition) is 0. The molecule has 1 atom stereocenters. The first-order chi connectivity index (χ1) is 7.34. The van der Waals surface area contributed by atoms with E-state index in [0.717, 1.165) is 23.8 Å². The molecule has 0 unspecified atom stereocenters. The van der Waals surface area contributed by atoms with Crippen LogP contribution in [0.5, 0.6) is 5.75 Å². The van der Waals surface area contributed by atoms with Gasteiger partial charge in [-0.1, -0.05) is 11.6 Å². The van der Waals surface area contributed by atoms with Crippen LogP contribution in [0.1, 0.15) is 19.3 Å². The van der Waals surface area contributed by atoms with Gasteiger partial charge >= 0.3 is 0 Å². The summed E-state index contributed by atoms with van der Waals surface area (Å²) in [4.78, 5) is 0. The van der Waals surface area contributed by atoms with Crippen LogP contribution in [-0.2, 0) is 4.74 Å². The van der Waals surface area contributed by atoms with Crippen molar-refractivity contribution in [1.29, 1.82) is 0 Å². The molecular weight excluding hydrogens is 212 g/mol. The van der Waals surface area contributed by atoms with Crippen LogP contribution < -0.4 is 4.74 Å². The smallest absolute Gasteiger partial charge is 0.119 e. The summed E-state index contributed by atoms with van der Waals surface area (Å²) in [6.07, 6.45) is 3.79. The molecule has 1 fully saturated rings. The SMILES string of the molecule is Clc1ccc(OC[C@H]2CCCCO2)cc1. The zero-order chi connectivity index (χ0) is 10.5. The average Bonchev–Trinajstić information content (AvgIpc) is 2.30. The van der Waals surface area contributed by atoms with Gasteiger partial charge in [0.2, 0.25) is 0 Å². The number of ether oxygens (including phenoxy) is 2. The molecule has 1 saturated heterocycles. The van der Waals surface area contributed by atoms with Gasteiger partial charge in [0.15, 0.2) is 0 Å². The number of benzene rings is 1. The Kier molecular flexibility index (Phi) is 3.87. The van der Waals surface area contributed by atoms with E-state index in [0.29, 0.717) is 6.61 Å². The molecule has 1 aliphatic rings. The Morgan fingerprint density at radius 1 is 1.27 bits per heavy atom. The van der Waals surface area contributed by atoms with Crippen molar-refractivity contribution in [2.45, 2.75) is 25.4 Å². The minimum atomic E-state index is 0.259.